The normalized spacial score (nSPS) is 4.36. The van der Waals surface area contributed by atoms with Crippen LogP contribution in [0.5, 0.6) is 0 Å². The van der Waals surface area contributed by atoms with Crippen LogP contribution in [-0.4, -0.2) is 35.1 Å². The molecule has 0 amide bonds. The van der Waals surface area contributed by atoms with E-state index >= 15 is 0 Å². The lowest BCUT2D eigenvalue weighted by Gasteiger charge is -1.42. The van der Waals surface area contributed by atoms with Crippen LogP contribution >= 0.6 is 46.4 Å². The summed E-state index contributed by atoms with van der Waals surface area (Å²) in [7, 11) is 2.00. The Labute approximate surface area is 87.8 Å². The highest BCUT2D eigenvalue weighted by atomic mass is 35.5. The molecule has 0 unspecified atom stereocenters. The number of aliphatic hydroxyl groups excluding tert-OH is 2. The summed E-state index contributed by atoms with van der Waals surface area (Å²) in [5.41, 5.74) is 0. The van der Waals surface area contributed by atoms with Gasteiger partial charge in [-0.25, -0.2) is 0 Å². The van der Waals surface area contributed by atoms with Crippen molar-refractivity contribution in [3.63, 3.8) is 0 Å². The first-order chi connectivity index (χ1) is 4.83. The minimum atomic E-state index is 0. The average Bonchev–Trinajstić information content (AvgIpc) is 1.99. The maximum atomic E-state index is 7.00. The standard InChI is InChI=1S/2CH2Cl2.2CH4O.H3N/c2*2-1-3;2*1-2;/h2*1H2;2*2H,1H3;1H3. The van der Waals surface area contributed by atoms with Gasteiger partial charge in [0.05, 0.1) is 10.7 Å². The van der Waals surface area contributed by atoms with E-state index in [1.807, 2.05) is 0 Å². The lowest BCUT2D eigenvalue weighted by Crippen LogP contribution is -1.25. The Morgan fingerprint density at radius 2 is 0.727 bits per heavy atom. The van der Waals surface area contributed by atoms with Gasteiger partial charge in [-0.2, -0.15) is 0 Å². The largest absolute Gasteiger partial charge is 0.400 e. The zero-order valence-corrected chi connectivity index (χ0v) is 9.55. The van der Waals surface area contributed by atoms with Crippen LogP contribution in [0.3, 0.4) is 0 Å². The molecule has 0 aromatic rings. The van der Waals surface area contributed by atoms with Crippen LogP contribution in [0.1, 0.15) is 0 Å². The number of aliphatic hydroxyl groups is 2. The van der Waals surface area contributed by atoms with Crippen molar-refractivity contribution in [2.24, 2.45) is 0 Å². The lowest BCUT2D eigenvalue weighted by molar-refractivity contribution is 0.399. The highest BCUT2D eigenvalue weighted by Gasteiger charge is 1.42. The quantitative estimate of drug-likeness (QED) is 0.577. The van der Waals surface area contributed by atoms with Gasteiger partial charge in [-0.3, -0.25) is 0 Å². The van der Waals surface area contributed by atoms with Gasteiger partial charge in [0.25, 0.3) is 0 Å². The van der Waals surface area contributed by atoms with E-state index in [2.05, 4.69) is 0 Å². The first kappa shape index (κ1) is 29.6. The average molecular weight is 251 g/mol. The molecule has 3 nitrogen and oxygen atoms in total. The fraction of sp³-hybridized carbons (Fsp3) is 1.00. The lowest BCUT2D eigenvalue weighted by atomic mass is 11.8. The fourth-order valence-electron chi connectivity index (χ4n) is 0. The molecule has 0 bridgehead atoms. The summed E-state index contributed by atoms with van der Waals surface area (Å²) in [6.07, 6.45) is 0. The maximum Gasteiger partial charge on any atom is 0.0967 e. The Bertz CT molecular complexity index is 22.1. The van der Waals surface area contributed by atoms with Gasteiger partial charge < -0.3 is 16.4 Å². The van der Waals surface area contributed by atoms with Crippen LogP contribution in [0.15, 0.2) is 0 Å². The summed E-state index contributed by atoms with van der Waals surface area (Å²) < 4.78 is 0. The summed E-state index contributed by atoms with van der Waals surface area (Å²) in [5.74, 6) is 0. The number of alkyl halides is 4. The molecule has 0 radical (unpaired) electrons. The molecule has 0 fully saturated rings. The van der Waals surface area contributed by atoms with Crippen molar-refractivity contribution in [1.82, 2.24) is 6.15 Å². The van der Waals surface area contributed by atoms with Gasteiger partial charge in [-0.1, -0.05) is 0 Å². The van der Waals surface area contributed by atoms with E-state index in [-0.39, 0.29) is 16.8 Å². The highest BCUT2D eigenvalue weighted by molar-refractivity contribution is 6.40. The third-order valence-corrected chi connectivity index (χ3v) is 0. The molecule has 76 valence electrons. The van der Waals surface area contributed by atoms with E-state index in [1.165, 1.54) is 0 Å². The molecule has 11 heavy (non-hydrogen) atoms. The number of hydrogen-bond acceptors (Lipinski definition) is 3. The summed E-state index contributed by atoms with van der Waals surface area (Å²) in [5, 5.41) is 14.4. The number of halogens is 4. The Kier molecular flexibility index (Phi) is 324. The SMILES string of the molecule is CO.CO.ClCCl.ClCCl.N. The molecule has 0 atom stereocenters. The van der Waals surface area contributed by atoms with Crippen LogP contribution in [0.2, 0.25) is 0 Å². The molecule has 7 heteroatoms. The van der Waals surface area contributed by atoms with Gasteiger partial charge in [0.2, 0.25) is 0 Å². The zero-order valence-electron chi connectivity index (χ0n) is 6.53. The van der Waals surface area contributed by atoms with Crippen molar-refractivity contribution in [2.45, 2.75) is 0 Å². The van der Waals surface area contributed by atoms with Crippen LogP contribution in [0, 0.1) is 0 Å². The molecule has 0 aliphatic rings. The smallest absolute Gasteiger partial charge is 0.0967 e. The van der Waals surface area contributed by atoms with E-state index in [4.69, 9.17) is 56.6 Å². The van der Waals surface area contributed by atoms with Crippen molar-refractivity contribution in [3.05, 3.63) is 0 Å². The predicted octanol–water partition coefficient (Wildman–Crippen LogP) is 2.22. The Morgan fingerprint density at radius 1 is 0.727 bits per heavy atom. The number of rotatable bonds is 0. The van der Waals surface area contributed by atoms with Gasteiger partial charge >= 0.3 is 0 Å². The molecule has 0 aliphatic carbocycles. The fourth-order valence-corrected chi connectivity index (χ4v) is 0. The van der Waals surface area contributed by atoms with E-state index in [9.17, 15) is 0 Å². The third kappa shape index (κ3) is 834. The molecule has 0 saturated heterocycles. The summed E-state index contributed by atoms with van der Waals surface area (Å²) in [4.78, 5) is 0. The molecular weight excluding hydrogens is 236 g/mol. The summed E-state index contributed by atoms with van der Waals surface area (Å²) in [6, 6.07) is 0. The molecule has 0 spiro atoms. The van der Waals surface area contributed by atoms with Crippen molar-refractivity contribution >= 4 is 46.4 Å². The summed E-state index contributed by atoms with van der Waals surface area (Å²) in [6.45, 7) is 0. The van der Waals surface area contributed by atoms with Gasteiger partial charge in [-0.05, 0) is 0 Å². The molecule has 0 aromatic carbocycles. The van der Waals surface area contributed by atoms with Crippen molar-refractivity contribution < 1.29 is 10.2 Å². The third-order valence-electron chi connectivity index (χ3n) is 0. The van der Waals surface area contributed by atoms with Crippen molar-refractivity contribution in [2.75, 3.05) is 24.9 Å². The van der Waals surface area contributed by atoms with Crippen LogP contribution in [0.25, 0.3) is 0 Å². The molecule has 0 rings (SSSR count). The molecule has 0 saturated carbocycles. The molecule has 0 aliphatic heterocycles. The Hall–Kier alpha value is 1.04. The predicted molar refractivity (Wildman–Crippen MR) is 54.5 cm³/mol. The van der Waals surface area contributed by atoms with Crippen molar-refractivity contribution in [3.8, 4) is 0 Å². The van der Waals surface area contributed by atoms with E-state index in [0.717, 1.165) is 14.2 Å². The topological polar surface area (TPSA) is 75.5 Å². The Balaban J connectivity index is -0.0000000144. The molecular formula is C4H15Cl4NO2. The van der Waals surface area contributed by atoms with Gasteiger partial charge in [0.1, 0.15) is 0 Å². The number of hydrogen-bond donors (Lipinski definition) is 3. The molecule has 0 heterocycles. The van der Waals surface area contributed by atoms with Gasteiger partial charge in [0, 0.05) is 14.2 Å². The first-order valence-electron chi connectivity index (χ1n) is 1.96. The van der Waals surface area contributed by atoms with Gasteiger partial charge in [0.15, 0.2) is 0 Å². The zero-order chi connectivity index (χ0) is 9.41. The van der Waals surface area contributed by atoms with Gasteiger partial charge in [-0.15, -0.1) is 46.4 Å². The monoisotopic (exact) mass is 249 g/mol. The van der Waals surface area contributed by atoms with Crippen LogP contribution < -0.4 is 6.15 Å². The Morgan fingerprint density at radius 3 is 0.727 bits per heavy atom. The first-order valence-corrected chi connectivity index (χ1v) is 4.10. The second-order valence-electron chi connectivity index (χ2n) is 0.202. The second kappa shape index (κ2) is 120. The summed E-state index contributed by atoms with van der Waals surface area (Å²) >= 11 is 19.1. The minimum Gasteiger partial charge on any atom is -0.400 e. The van der Waals surface area contributed by atoms with Crippen LogP contribution in [-0.2, 0) is 0 Å². The molecule has 5 N–H and O–H groups in total. The second-order valence-corrected chi connectivity index (χ2v) is 1.82. The van der Waals surface area contributed by atoms with Crippen molar-refractivity contribution in [1.29, 1.82) is 0 Å². The van der Waals surface area contributed by atoms with E-state index in [0.29, 0.717) is 0 Å². The maximum absolute atomic E-state index is 7.00. The van der Waals surface area contributed by atoms with E-state index < -0.39 is 0 Å². The van der Waals surface area contributed by atoms with Crippen LogP contribution in [0.4, 0.5) is 0 Å². The molecule has 0 aromatic heterocycles. The van der Waals surface area contributed by atoms with E-state index in [1.54, 1.807) is 0 Å². The minimum absolute atomic E-state index is 0. The highest BCUT2D eigenvalue weighted by Crippen LogP contribution is 1.73.